The first-order valence-corrected chi connectivity index (χ1v) is 13.3. The molecule has 33 heavy (non-hydrogen) atoms. The van der Waals surface area contributed by atoms with E-state index in [1.165, 1.54) is 24.3 Å². The molecule has 0 spiro atoms. The molecule has 1 N–H and O–H groups in total. The molecule has 1 heterocycles. The summed E-state index contributed by atoms with van der Waals surface area (Å²) < 4.78 is 60.3. The molecule has 0 saturated carbocycles. The molecule has 3 aromatic carbocycles. The molecule has 4 rings (SSSR count). The molecule has 0 unspecified atom stereocenters. The second-order valence-corrected chi connectivity index (χ2v) is 11.9. The molecule has 1 aliphatic heterocycles. The van der Waals surface area contributed by atoms with Gasteiger partial charge in [-0.15, -0.1) is 0 Å². The first-order chi connectivity index (χ1) is 15.8. The van der Waals surface area contributed by atoms with E-state index in [2.05, 4.69) is 5.32 Å². The first kappa shape index (κ1) is 23.2. The van der Waals surface area contributed by atoms with Crippen molar-refractivity contribution in [2.24, 2.45) is 0 Å². The zero-order valence-corrected chi connectivity index (χ0v) is 19.4. The molecule has 1 saturated heterocycles. The third kappa shape index (κ3) is 4.19. The monoisotopic (exact) mass is 485 g/mol. The number of carbonyl (C=O) groups is 1. The van der Waals surface area contributed by atoms with Gasteiger partial charge in [0.1, 0.15) is 16.5 Å². The Balaban J connectivity index is 1.97. The van der Waals surface area contributed by atoms with Crippen LogP contribution in [0.4, 0.5) is 0 Å². The number of sulfone groups is 2. The Bertz CT molecular complexity index is 1330. The molecule has 0 aromatic heterocycles. The molecule has 1 fully saturated rings. The highest BCUT2D eigenvalue weighted by Crippen LogP contribution is 2.41. The molecule has 0 bridgehead atoms. The predicted molar refractivity (Wildman–Crippen MR) is 123 cm³/mol. The normalized spacial score (nSPS) is 23.2. The number of carbonyl (C=O) groups excluding carboxylic acids is 1. The van der Waals surface area contributed by atoms with Crippen LogP contribution in [-0.2, 0) is 29.2 Å². The zero-order chi connectivity index (χ0) is 23.6. The predicted octanol–water partition coefficient (Wildman–Crippen LogP) is 2.56. The summed E-state index contributed by atoms with van der Waals surface area (Å²) in [4.78, 5) is 12.7. The van der Waals surface area contributed by atoms with Crippen molar-refractivity contribution < 1.29 is 26.4 Å². The van der Waals surface area contributed by atoms with Gasteiger partial charge in [-0.1, -0.05) is 66.7 Å². The Hall–Kier alpha value is -3.01. The highest BCUT2D eigenvalue weighted by atomic mass is 32.2. The van der Waals surface area contributed by atoms with Crippen LogP contribution in [0.25, 0.3) is 0 Å². The number of hydrogen-bond donors (Lipinski definition) is 1. The number of benzene rings is 3. The number of hydrogen-bond acceptors (Lipinski definition) is 7. The summed E-state index contributed by atoms with van der Waals surface area (Å²) in [6, 6.07) is 21.5. The summed E-state index contributed by atoms with van der Waals surface area (Å²) in [5, 5.41) is -0.107. The van der Waals surface area contributed by atoms with Gasteiger partial charge in [-0.25, -0.2) is 16.8 Å². The summed E-state index contributed by atoms with van der Waals surface area (Å²) in [7, 11) is -7.32. The first-order valence-electron chi connectivity index (χ1n) is 10.2. The molecule has 7 nitrogen and oxygen atoms in total. The molecular formula is C24H23NO6S2. The van der Waals surface area contributed by atoms with Gasteiger partial charge < -0.3 is 4.74 Å². The fourth-order valence-electron chi connectivity index (χ4n) is 4.28. The van der Waals surface area contributed by atoms with E-state index in [0.717, 1.165) is 7.11 Å². The van der Waals surface area contributed by atoms with Crippen molar-refractivity contribution in [1.29, 1.82) is 0 Å². The maximum atomic E-state index is 13.9. The minimum Gasteiger partial charge on any atom is -0.468 e. The molecule has 3 aromatic rings. The van der Waals surface area contributed by atoms with Crippen LogP contribution in [0, 0.1) is 0 Å². The van der Waals surface area contributed by atoms with Crippen LogP contribution in [0.2, 0.25) is 0 Å². The quantitative estimate of drug-likeness (QED) is 0.535. The second-order valence-electron chi connectivity index (χ2n) is 7.70. The number of ether oxygens (including phenoxy) is 1. The molecular weight excluding hydrogens is 462 g/mol. The SMILES string of the molecule is COC(=O)[C@H]1N[C@@H](c2ccccc2)[C@@H](S(=O)(=O)c2ccccc2)[C@@H]1S(=O)(=O)c1ccccc1. The van der Waals surface area contributed by atoms with Crippen LogP contribution < -0.4 is 5.32 Å². The smallest absolute Gasteiger partial charge is 0.324 e. The zero-order valence-electron chi connectivity index (χ0n) is 17.7. The molecule has 4 atom stereocenters. The Labute approximate surface area is 193 Å². The highest BCUT2D eigenvalue weighted by Gasteiger charge is 2.59. The average Bonchev–Trinajstić information content (AvgIpc) is 3.28. The van der Waals surface area contributed by atoms with E-state index in [1.54, 1.807) is 66.7 Å². The molecule has 0 radical (unpaired) electrons. The molecule has 9 heteroatoms. The molecule has 0 aliphatic carbocycles. The molecule has 0 amide bonds. The van der Waals surface area contributed by atoms with Gasteiger partial charge in [0.2, 0.25) is 0 Å². The Morgan fingerprint density at radius 3 is 1.58 bits per heavy atom. The van der Waals surface area contributed by atoms with E-state index in [-0.39, 0.29) is 9.79 Å². The summed E-state index contributed by atoms with van der Waals surface area (Å²) in [6.45, 7) is 0. The third-order valence-electron chi connectivity index (χ3n) is 5.81. The summed E-state index contributed by atoms with van der Waals surface area (Å²) in [6.07, 6.45) is 0. The van der Waals surface area contributed by atoms with E-state index in [9.17, 15) is 21.6 Å². The van der Waals surface area contributed by atoms with Gasteiger partial charge in [0, 0.05) is 0 Å². The summed E-state index contributed by atoms with van der Waals surface area (Å²) in [5.74, 6) is -0.841. The maximum Gasteiger partial charge on any atom is 0.324 e. The van der Waals surface area contributed by atoms with Gasteiger partial charge >= 0.3 is 5.97 Å². The van der Waals surface area contributed by atoms with E-state index in [0.29, 0.717) is 5.56 Å². The van der Waals surface area contributed by atoms with Crippen LogP contribution in [0.5, 0.6) is 0 Å². The van der Waals surface area contributed by atoms with Crippen LogP contribution in [0.15, 0.2) is 101 Å². The topological polar surface area (TPSA) is 107 Å². The van der Waals surface area contributed by atoms with Gasteiger partial charge in [0.05, 0.1) is 22.9 Å². The maximum absolute atomic E-state index is 13.9. The second kappa shape index (κ2) is 9.09. The van der Waals surface area contributed by atoms with Gasteiger partial charge in [-0.05, 0) is 29.8 Å². The fourth-order valence-corrected chi connectivity index (χ4v) is 9.03. The highest BCUT2D eigenvalue weighted by molar-refractivity contribution is 7.96. The number of methoxy groups -OCH3 is 1. The van der Waals surface area contributed by atoms with Crippen LogP contribution in [0.3, 0.4) is 0 Å². The van der Waals surface area contributed by atoms with E-state index >= 15 is 0 Å². The van der Waals surface area contributed by atoms with Crippen molar-refractivity contribution in [1.82, 2.24) is 5.32 Å². The van der Waals surface area contributed by atoms with Crippen molar-refractivity contribution in [2.45, 2.75) is 32.4 Å². The van der Waals surface area contributed by atoms with Crippen LogP contribution >= 0.6 is 0 Å². The molecule has 172 valence electrons. The Kier molecular flexibility index (Phi) is 6.38. The van der Waals surface area contributed by atoms with Gasteiger partial charge in [-0.3, -0.25) is 10.1 Å². The standard InChI is InChI=1S/C24H23NO6S2/c1-31-24(26)21-23(33(29,30)19-15-9-4-10-16-19)22(20(25-21)17-11-5-2-6-12-17)32(27,28)18-13-7-3-8-14-18/h2-16,20-23,25H,1H3/t20-,21-,22+,23+/m0/s1. The van der Waals surface area contributed by atoms with Crippen molar-refractivity contribution in [3.05, 3.63) is 96.6 Å². The minimum absolute atomic E-state index is 0.0171. The van der Waals surface area contributed by atoms with Crippen LogP contribution in [0.1, 0.15) is 11.6 Å². The van der Waals surface area contributed by atoms with Crippen molar-refractivity contribution in [3.63, 3.8) is 0 Å². The van der Waals surface area contributed by atoms with Crippen LogP contribution in [-0.4, -0.2) is 46.5 Å². The van der Waals surface area contributed by atoms with Gasteiger partial charge in [0.25, 0.3) is 0 Å². The Morgan fingerprint density at radius 1 is 0.697 bits per heavy atom. The Morgan fingerprint density at radius 2 is 1.12 bits per heavy atom. The number of esters is 1. The van der Waals surface area contributed by atoms with Crippen molar-refractivity contribution in [2.75, 3.05) is 7.11 Å². The van der Waals surface area contributed by atoms with E-state index in [1.807, 2.05) is 0 Å². The largest absolute Gasteiger partial charge is 0.468 e. The van der Waals surface area contributed by atoms with E-state index < -0.39 is 48.2 Å². The molecule has 1 aliphatic rings. The third-order valence-corrected chi connectivity index (χ3v) is 10.4. The lowest BCUT2D eigenvalue weighted by Crippen LogP contribution is -2.47. The average molecular weight is 486 g/mol. The summed E-state index contributed by atoms with van der Waals surface area (Å²) >= 11 is 0. The van der Waals surface area contributed by atoms with Gasteiger partial charge in [-0.2, -0.15) is 0 Å². The van der Waals surface area contributed by atoms with Crippen molar-refractivity contribution in [3.8, 4) is 0 Å². The van der Waals surface area contributed by atoms with Gasteiger partial charge in [0.15, 0.2) is 19.7 Å². The van der Waals surface area contributed by atoms with E-state index in [4.69, 9.17) is 4.74 Å². The minimum atomic E-state index is -4.27. The fraction of sp³-hybridized carbons (Fsp3) is 0.208. The lowest BCUT2D eigenvalue weighted by molar-refractivity contribution is -0.142. The number of nitrogens with one attached hydrogen (secondary N) is 1. The lowest BCUT2D eigenvalue weighted by atomic mass is 10.0. The van der Waals surface area contributed by atoms with Crippen molar-refractivity contribution >= 4 is 25.6 Å². The lowest BCUT2D eigenvalue weighted by Gasteiger charge is -2.25. The number of rotatable bonds is 6. The summed E-state index contributed by atoms with van der Waals surface area (Å²) in [5.41, 5.74) is 0.557.